The first-order valence-corrected chi connectivity index (χ1v) is 9.60. The minimum absolute atomic E-state index is 0.00205. The summed E-state index contributed by atoms with van der Waals surface area (Å²) in [5.74, 6) is -0.811. The van der Waals surface area contributed by atoms with Gasteiger partial charge in [-0.2, -0.15) is 0 Å². The van der Waals surface area contributed by atoms with Crippen LogP contribution in [0.15, 0.2) is 24.3 Å². The van der Waals surface area contributed by atoms with E-state index in [9.17, 15) is 28.3 Å². The molecule has 1 saturated heterocycles. The van der Waals surface area contributed by atoms with E-state index in [1.807, 2.05) is 0 Å². The van der Waals surface area contributed by atoms with Gasteiger partial charge in [-0.25, -0.2) is 8.78 Å². The van der Waals surface area contributed by atoms with E-state index in [1.54, 1.807) is 13.8 Å². The Bertz CT molecular complexity index is 705. The standard InChI is InChI=1S/C15H19F2N2O6P/c1-3-24-26(23,25-4-2)13-9-12(14(16)17)18(15(13)20)10-5-7-11(8-6-10)19(21)22/h5-8,12-14H,3-4,9H2,1-2H3. The van der Waals surface area contributed by atoms with Crippen molar-refractivity contribution in [1.29, 1.82) is 0 Å². The Balaban J connectivity index is 2.40. The second kappa shape index (κ2) is 8.20. The Morgan fingerprint density at radius 1 is 1.27 bits per heavy atom. The summed E-state index contributed by atoms with van der Waals surface area (Å²) in [6.07, 6.45) is -3.29. The fourth-order valence-corrected chi connectivity index (χ4v) is 4.89. The highest BCUT2D eigenvalue weighted by Crippen LogP contribution is 2.58. The summed E-state index contributed by atoms with van der Waals surface area (Å²) >= 11 is 0. The molecule has 144 valence electrons. The number of nitro benzene ring substituents is 1. The summed E-state index contributed by atoms with van der Waals surface area (Å²) < 4.78 is 50.2. The zero-order valence-corrected chi connectivity index (χ0v) is 15.1. The van der Waals surface area contributed by atoms with Crippen LogP contribution in [-0.2, 0) is 18.4 Å². The number of hydrogen-bond acceptors (Lipinski definition) is 6. The van der Waals surface area contributed by atoms with Crippen LogP contribution in [0.2, 0.25) is 0 Å². The molecule has 11 heteroatoms. The van der Waals surface area contributed by atoms with Crippen LogP contribution >= 0.6 is 7.60 Å². The van der Waals surface area contributed by atoms with Crippen LogP contribution < -0.4 is 4.90 Å². The highest BCUT2D eigenvalue weighted by atomic mass is 31.2. The number of hydrogen-bond donors (Lipinski definition) is 0. The van der Waals surface area contributed by atoms with E-state index in [4.69, 9.17) is 9.05 Å². The van der Waals surface area contributed by atoms with Crippen molar-refractivity contribution < 1.29 is 32.1 Å². The third-order valence-electron chi connectivity index (χ3n) is 3.95. The fourth-order valence-electron chi connectivity index (χ4n) is 2.87. The lowest BCUT2D eigenvalue weighted by atomic mass is 10.2. The number of halogens is 2. The topological polar surface area (TPSA) is 99.0 Å². The van der Waals surface area contributed by atoms with E-state index < -0.39 is 43.0 Å². The summed E-state index contributed by atoms with van der Waals surface area (Å²) in [5.41, 5.74) is -1.52. The molecule has 0 N–H and O–H groups in total. The molecule has 8 nitrogen and oxygen atoms in total. The van der Waals surface area contributed by atoms with Gasteiger partial charge >= 0.3 is 7.60 Å². The SMILES string of the molecule is CCOP(=O)(OCC)C1CC(C(F)F)N(c2ccc([N+](=O)[O-])cc2)C1=O. The van der Waals surface area contributed by atoms with Gasteiger partial charge in [0.2, 0.25) is 5.91 Å². The number of nitro groups is 1. The van der Waals surface area contributed by atoms with E-state index in [0.717, 1.165) is 17.0 Å². The van der Waals surface area contributed by atoms with Gasteiger partial charge in [-0.05, 0) is 32.4 Å². The Morgan fingerprint density at radius 3 is 2.23 bits per heavy atom. The number of carbonyl (C=O) groups is 1. The molecule has 1 amide bonds. The van der Waals surface area contributed by atoms with Gasteiger partial charge in [0.25, 0.3) is 12.1 Å². The van der Waals surface area contributed by atoms with E-state index in [1.165, 1.54) is 12.1 Å². The molecule has 1 aromatic rings. The summed E-state index contributed by atoms with van der Waals surface area (Å²) in [6.45, 7) is 3.11. The smallest absolute Gasteiger partial charge is 0.308 e. The predicted molar refractivity (Wildman–Crippen MR) is 89.6 cm³/mol. The van der Waals surface area contributed by atoms with Crippen molar-refractivity contribution in [3.63, 3.8) is 0 Å². The minimum atomic E-state index is -3.92. The van der Waals surface area contributed by atoms with Crippen LogP contribution in [0.5, 0.6) is 0 Å². The highest BCUT2D eigenvalue weighted by Gasteiger charge is 2.54. The molecule has 1 fully saturated rings. The number of nitrogens with zero attached hydrogens (tertiary/aromatic N) is 2. The number of carbonyl (C=O) groups excluding carboxylic acids is 1. The molecule has 0 spiro atoms. The third kappa shape index (κ3) is 3.92. The average Bonchev–Trinajstić information content (AvgIpc) is 2.93. The summed E-state index contributed by atoms with van der Waals surface area (Å²) in [4.78, 5) is 23.7. The Kier molecular flexibility index (Phi) is 6.44. The molecular weight excluding hydrogens is 373 g/mol. The number of alkyl halides is 2. The molecule has 2 unspecified atom stereocenters. The lowest BCUT2D eigenvalue weighted by Gasteiger charge is -2.24. The molecule has 0 aliphatic carbocycles. The molecule has 0 radical (unpaired) electrons. The minimum Gasteiger partial charge on any atom is -0.308 e. The fraction of sp³-hybridized carbons (Fsp3) is 0.533. The average molecular weight is 392 g/mol. The van der Waals surface area contributed by atoms with Crippen LogP contribution in [0.4, 0.5) is 20.2 Å². The zero-order chi connectivity index (χ0) is 19.5. The van der Waals surface area contributed by atoms with E-state index in [2.05, 4.69) is 0 Å². The monoisotopic (exact) mass is 392 g/mol. The van der Waals surface area contributed by atoms with Crippen LogP contribution in [-0.4, -0.2) is 42.2 Å². The van der Waals surface area contributed by atoms with Gasteiger partial charge in [-0.3, -0.25) is 19.5 Å². The van der Waals surface area contributed by atoms with E-state index in [0.29, 0.717) is 0 Å². The molecule has 2 atom stereocenters. The number of rotatable bonds is 8. The Hall–Kier alpha value is -1.90. The molecule has 1 aliphatic heterocycles. The second-order valence-corrected chi connectivity index (χ2v) is 7.73. The summed E-state index contributed by atoms with van der Waals surface area (Å²) in [7, 11) is -3.92. The normalized spacial score (nSPS) is 20.8. The lowest BCUT2D eigenvalue weighted by molar-refractivity contribution is -0.384. The molecule has 1 aliphatic rings. The molecule has 1 aromatic carbocycles. The summed E-state index contributed by atoms with van der Waals surface area (Å²) in [6, 6.07) is 3.12. The molecule has 2 rings (SSSR count). The first-order chi connectivity index (χ1) is 12.2. The third-order valence-corrected chi connectivity index (χ3v) is 6.38. The van der Waals surface area contributed by atoms with Crippen molar-refractivity contribution in [3.8, 4) is 0 Å². The van der Waals surface area contributed by atoms with Gasteiger partial charge in [0.05, 0.1) is 24.2 Å². The molecule has 0 saturated carbocycles. The van der Waals surface area contributed by atoms with Gasteiger partial charge < -0.3 is 13.9 Å². The van der Waals surface area contributed by atoms with Crippen LogP contribution in [0.3, 0.4) is 0 Å². The van der Waals surface area contributed by atoms with Gasteiger partial charge in [-0.1, -0.05) is 0 Å². The molecule has 26 heavy (non-hydrogen) atoms. The van der Waals surface area contributed by atoms with Gasteiger partial charge in [-0.15, -0.1) is 0 Å². The number of amides is 1. The molecular formula is C15H19F2N2O6P. The zero-order valence-electron chi connectivity index (χ0n) is 14.2. The number of benzene rings is 1. The van der Waals surface area contributed by atoms with Gasteiger partial charge in [0, 0.05) is 17.8 Å². The maximum Gasteiger partial charge on any atom is 0.343 e. The maximum absolute atomic E-state index is 13.5. The van der Waals surface area contributed by atoms with Crippen molar-refractivity contribution in [2.45, 2.75) is 38.4 Å². The Labute approximate surface area is 148 Å². The second-order valence-electron chi connectivity index (χ2n) is 5.51. The van der Waals surface area contributed by atoms with Gasteiger partial charge in [0.1, 0.15) is 5.66 Å². The first kappa shape index (κ1) is 20.4. The largest absolute Gasteiger partial charge is 0.343 e. The maximum atomic E-state index is 13.5. The van der Waals surface area contributed by atoms with Gasteiger partial charge in [0.15, 0.2) is 0 Å². The van der Waals surface area contributed by atoms with E-state index in [-0.39, 0.29) is 24.6 Å². The van der Waals surface area contributed by atoms with Crippen LogP contribution in [0.25, 0.3) is 0 Å². The van der Waals surface area contributed by atoms with Crippen LogP contribution in [0.1, 0.15) is 20.3 Å². The van der Waals surface area contributed by atoms with Crippen molar-refractivity contribution in [2.24, 2.45) is 0 Å². The molecule has 0 bridgehead atoms. The molecule has 1 heterocycles. The molecule has 0 aromatic heterocycles. The Morgan fingerprint density at radius 2 is 1.81 bits per heavy atom. The van der Waals surface area contributed by atoms with Crippen LogP contribution in [0, 0.1) is 10.1 Å². The van der Waals surface area contributed by atoms with Crippen molar-refractivity contribution in [2.75, 3.05) is 18.1 Å². The number of non-ortho nitro benzene ring substituents is 1. The highest BCUT2D eigenvalue weighted by molar-refractivity contribution is 7.55. The lowest BCUT2D eigenvalue weighted by Crippen LogP contribution is -2.38. The summed E-state index contributed by atoms with van der Waals surface area (Å²) in [5, 5.41) is 10.7. The van der Waals surface area contributed by atoms with Crippen molar-refractivity contribution in [3.05, 3.63) is 34.4 Å². The van der Waals surface area contributed by atoms with Crippen molar-refractivity contribution in [1.82, 2.24) is 0 Å². The first-order valence-electron chi connectivity index (χ1n) is 7.99. The van der Waals surface area contributed by atoms with E-state index >= 15 is 0 Å². The quantitative estimate of drug-likeness (QED) is 0.381. The number of anilines is 1. The van der Waals surface area contributed by atoms with Crippen molar-refractivity contribution >= 4 is 24.9 Å². The predicted octanol–water partition coefficient (Wildman–Crippen LogP) is 3.60.